The molecule has 1 saturated carbocycles. The Balaban J connectivity index is 1.88. The van der Waals surface area contributed by atoms with Crippen molar-refractivity contribution in [1.29, 1.82) is 0 Å². The molecule has 0 N–H and O–H groups in total. The van der Waals surface area contributed by atoms with E-state index in [1.54, 1.807) is 0 Å². The molecule has 1 fully saturated rings. The summed E-state index contributed by atoms with van der Waals surface area (Å²) in [5.74, 6) is 2.14. The topological polar surface area (TPSA) is 26.3 Å². The zero-order valence-corrected chi connectivity index (χ0v) is 13.4. The van der Waals surface area contributed by atoms with Crippen molar-refractivity contribution < 1.29 is 9.53 Å². The second kappa shape index (κ2) is 8.21. The van der Waals surface area contributed by atoms with Crippen LogP contribution >= 0.6 is 0 Å². The highest BCUT2D eigenvalue weighted by Gasteiger charge is 2.28. The predicted molar refractivity (Wildman–Crippen MR) is 86.8 cm³/mol. The Labute approximate surface area is 128 Å². The second-order valence-electron chi connectivity index (χ2n) is 6.14. The Morgan fingerprint density at radius 3 is 2.48 bits per heavy atom. The Morgan fingerprint density at radius 2 is 1.86 bits per heavy atom. The van der Waals surface area contributed by atoms with E-state index in [0.29, 0.717) is 24.2 Å². The van der Waals surface area contributed by atoms with Crippen molar-refractivity contribution in [2.45, 2.75) is 64.7 Å². The third kappa shape index (κ3) is 4.59. The number of carbonyl (C=O) groups excluding carboxylic acids is 1. The molecule has 0 radical (unpaired) electrons. The van der Waals surface area contributed by atoms with Crippen LogP contribution < -0.4 is 4.74 Å². The predicted octanol–water partition coefficient (Wildman–Crippen LogP) is 5.12. The summed E-state index contributed by atoms with van der Waals surface area (Å²) in [6, 6.07) is 8.30. The minimum atomic E-state index is 0.329. The molecule has 0 saturated heterocycles. The lowest BCUT2D eigenvalue weighted by Gasteiger charge is -2.27. The smallest absolute Gasteiger partial charge is 0.136 e. The highest BCUT2D eigenvalue weighted by molar-refractivity contribution is 5.82. The van der Waals surface area contributed by atoms with Gasteiger partial charge >= 0.3 is 0 Å². The number of unbranched alkanes of at least 4 members (excludes halogenated alkanes) is 2. The molecule has 0 unspecified atom stereocenters. The molecule has 1 aromatic rings. The number of ketones is 1. The van der Waals surface area contributed by atoms with Crippen LogP contribution in [0.15, 0.2) is 24.3 Å². The van der Waals surface area contributed by atoms with Crippen molar-refractivity contribution >= 4 is 5.78 Å². The van der Waals surface area contributed by atoms with Crippen LogP contribution in [0, 0.1) is 5.92 Å². The van der Waals surface area contributed by atoms with Crippen molar-refractivity contribution in [3.8, 4) is 5.75 Å². The maximum absolute atomic E-state index is 12.3. The van der Waals surface area contributed by atoms with Crippen molar-refractivity contribution in [2.75, 3.05) is 6.61 Å². The lowest BCUT2D eigenvalue weighted by molar-refractivity contribution is -0.125. The van der Waals surface area contributed by atoms with Crippen LogP contribution in [0.2, 0.25) is 0 Å². The first kappa shape index (κ1) is 16.1. The monoisotopic (exact) mass is 288 g/mol. The van der Waals surface area contributed by atoms with E-state index < -0.39 is 0 Å². The van der Waals surface area contributed by atoms with Gasteiger partial charge in [-0.25, -0.2) is 0 Å². The van der Waals surface area contributed by atoms with Gasteiger partial charge in [0.25, 0.3) is 0 Å². The fourth-order valence-corrected chi connectivity index (χ4v) is 3.31. The highest BCUT2D eigenvalue weighted by atomic mass is 16.5. The van der Waals surface area contributed by atoms with Gasteiger partial charge in [-0.1, -0.05) is 38.3 Å². The molecule has 0 aromatic heterocycles. The summed E-state index contributed by atoms with van der Waals surface area (Å²) in [6.07, 6.45) is 7.74. The molecular weight excluding hydrogens is 260 g/mol. The molecule has 1 aliphatic rings. The number of benzene rings is 1. The summed E-state index contributed by atoms with van der Waals surface area (Å²) in [6.45, 7) is 4.90. The zero-order valence-electron chi connectivity index (χ0n) is 13.4. The van der Waals surface area contributed by atoms with E-state index in [9.17, 15) is 4.79 Å². The summed E-state index contributed by atoms with van der Waals surface area (Å²) < 4.78 is 5.47. The molecule has 0 aliphatic heterocycles. The summed E-state index contributed by atoms with van der Waals surface area (Å²) in [5, 5.41) is 0. The zero-order chi connectivity index (χ0) is 15.1. The van der Waals surface area contributed by atoms with E-state index in [4.69, 9.17) is 4.74 Å². The minimum Gasteiger partial charge on any atom is -0.494 e. The lowest BCUT2D eigenvalue weighted by Crippen LogP contribution is -2.23. The highest BCUT2D eigenvalue weighted by Crippen LogP contribution is 2.36. The largest absolute Gasteiger partial charge is 0.494 e. The fourth-order valence-electron chi connectivity index (χ4n) is 3.31. The average Bonchev–Trinajstić information content (AvgIpc) is 2.50. The van der Waals surface area contributed by atoms with Crippen LogP contribution in [0.1, 0.15) is 70.3 Å². The Bertz CT molecular complexity index is 435. The van der Waals surface area contributed by atoms with Gasteiger partial charge in [0.05, 0.1) is 6.61 Å². The molecule has 2 rings (SSSR count). The molecule has 1 aromatic carbocycles. The maximum Gasteiger partial charge on any atom is 0.136 e. The number of hydrogen-bond donors (Lipinski definition) is 0. The second-order valence-corrected chi connectivity index (χ2v) is 6.14. The van der Waals surface area contributed by atoms with E-state index in [-0.39, 0.29) is 0 Å². The van der Waals surface area contributed by atoms with Crippen LogP contribution in [0.5, 0.6) is 5.75 Å². The van der Waals surface area contributed by atoms with E-state index in [2.05, 4.69) is 19.1 Å². The Morgan fingerprint density at radius 1 is 1.10 bits per heavy atom. The third-order valence-electron chi connectivity index (χ3n) is 4.59. The van der Waals surface area contributed by atoms with Gasteiger partial charge in [0.15, 0.2) is 0 Å². The van der Waals surface area contributed by atoms with Gasteiger partial charge < -0.3 is 4.74 Å². The number of Topliss-reactive ketones (excluding diaryl/α,β-unsaturated/α-hetero) is 1. The lowest BCUT2D eigenvalue weighted by atomic mass is 9.76. The molecule has 116 valence electrons. The van der Waals surface area contributed by atoms with Gasteiger partial charge in [0, 0.05) is 12.3 Å². The first-order valence-electron chi connectivity index (χ1n) is 8.50. The summed E-state index contributed by atoms with van der Waals surface area (Å²) in [7, 11) is 0. The van der Waals surface area contributed by atoms with E-state index >= 15 is 0 Å². The summed E-state index contributed by atoms with van der Waals surface area (Å²) in [5.41, 5.74) is 1.29. The Kier molecular flexibility index (Phi) is 6.28. The molecule has 0 heterocycles. The quantitative estimate of drug-likeness (QED) is 0.651. The first-order valence-corrected chi connectivity index (χ1v) is 8.50. The van der Waals surface area contributed by atoms with Crippen molar-refractivity contribution in [1.82, 2.24) is 0 Å². The van der Waals surface area contributed by atoms with Crippen molar-refractivity contribution in [3.05, 3.63) is 29.8 Å². The van der Waals surface area contributed by atoms with Gasteiger partial charge in [0.1, 0.15) is 11.5 Å². The third-order valence-corrected chi connectivity index (χ3v) is 4.59. The average molecular weight is 288 g/mol. The number of carbonyl (C=O) groups is 1. The standard InChI is InChI=1S/C19H28O2/c1-3-5-6-7-16-8-9-17(14-19(16)20)15-10-12-18(13-11-15)21-4-2/h10-13,16-17H,3-9,14H2,1-2H3/t16-,17-/m0/s1. The van der Waals surface area contributed by atoms with E-state index in [1.807, 2.05) is 19.1 Å². The van der Waals surface area contributed by atoms with Crippen LogP contribution in [-0.2, 0) is 4.79 Å². The molecule has 21 heavy (non-hydrogen) atoms. The molecule has 0 spiro atoms. The first-order chi connectivity index (χ1) is 10.2. The van der Waals surface area contributed by atoms with Crippen LogP contribution in [-0.4, -0.2) is 12.4 Å². The van der Waals surface area contributed by atoms with Crippen LogP contribution in [0.4, 0.5) is 0 Å². The Hall–Kier alpha value is -1.31. The normalized spacial score (nSPS) is 22.3. The van der Waals surface area contributed by atoms with Crippen LogP contribution in [0.25, 0.3) is 0 Å². The van der Waals surface area contributed by atoms with Gasteiger partial charge in [-0.15, -0.1) is 0 Å². The van der Waals surface area contributed by atoms with Gasteiger partial charge in [-0.2, -0.15) is 0 Å². The molecular formula is C19H28O2. The van der Waals surface area contributed by atoms with Gasteiger partial charge in [-0.3, -0.25) is 4.79 Å². The molecule has 2 nitrogen and oxygen atoms in total. The number of ether oxygens (including phenoxy) is 1. The fraction of sp³-hybridized carbons (Fsp3) is 0.632. The summed E-state index contributed by atoms with van der Waals surface area (Å²) >= 11 is 0. The molecule has 0 bridgehead atoms. The molecule has 1 aliphatic carbocycles. The molecule has 2 heteroatoms. The van der Waals surface area contributed by atoms with Gasteiger partial charge in [0.2, 0.25) is 0 Å². The van der Waals surface area contributed by atoms with Crippen molar-refractivity contribution in [2.24, 2.45) is 5.92 Å². The van der Waals surface area contributed by atoms with Crippen molar-refractivity contribution in [3.63, 3.8) is 0 Å². The van der Waals surface area contributed by atoms with Gasteiger partial charge in [-0.05, 0) is 49.8 Å². The summed E-state index contributed by atoms with van der Waals surface area (Å²) in [4.78, 5) is 12.3. The van der Waals surface area contributed by atoms with E-state index in [1.165, 1.54) is 24.8 Å². The number of hydrogen-bond acceptors (Lipinski definition) is 2. The SMILES string of the molecule is CCCCC[C@H]1CC[C@H](c2ccc(OCC)cc2)CC1=O. The van der Waals surface area contributed by atoms with E-state index in [0.717, 1.165) is 31.4 Å². The molecule has 2 atom stereocenters. The number of rotatable bonds is 7. The minimum absolute atomic E-state index is 0.329. The maximum atomic E-state index is 12.3. The molecule has 0 amide bonds. The van der Waals surface area contributed by atoms with Crippen LogP contribution in [0.3, 0.4) is 0 Å².